The monoisotopic (exact) mass is 600 g/mol. The lowest BCUT2D eigenvalue weighted by Gasteiger charge is -2.51. The maximum absolute atomic E-state index is 7.51. The first-order chi connectivity index (χ1) is 15.4. The van der Waals surface area contributed by atoms with Crippen molar-refractivity contribution in [2.24, 2.45) is 0 Å². The first kappa shape index (κ1) is 33.4. The van der Waals surface area contributed by atoms with Crippen molar-refractivity contribution in [2.75, 3.05) is 0 Å². The van der Waals surface area contributed by atoms with E-state index < -0.39 is 55.1 Å². The summed E-state index contributed by atoms with van der Waals surface area (Å²) >= 11 is 0. The lowest BCUT2D eigenvalue weighted by molar-refractivity contribution is 0.259. The smallest absolute Gasteiger partial charge is 0.419 e. The minimum Gasteiger partial charge on any atom is -0.419 e. The number of hydrogen-bond acceptors (Lipinski definition) is 3. The minimum absolute atomic E-state index is 0.837. The van der Waals surface area contributed by atoms with Crippen LogP contribution in [0.1, 0.15) is 12.0 Å². The van der Waals surface area contributed by atoms with Gasteiger partial charge in [0.25, 0.3) is 0 Å². The van der Waals surface area contributed by atoms with Crippen molar-refractivity contribution in [3.63, 3.8) is 0 Å². The average Bonchev–Trinajstić information content (AvgIpc) is 2.63. The van der Waals surface area contributed by atoms with E-state index in [2.05, 4.69) is 135 Å². The third-order valence-corrected chi connectivity index (χ3v) is 65.4. The Morgan fingerprint density at radius 1 is 0.571 bits per heavy atom. The zero-order valence-corrected chi connectivity index (χ0v) is 32.7. The molecule has 0 aliphatic rings. The Balaban J connectivity index is 3.65. The molecule has 0 amide bonds. The Morgan fingerprint density at radius 2 is 0.886 bits per heavy atom. The van der Waals surface area contributed by atoms with E-state index in [0.29, 0.717) is 0 Å². The van der Waals surface area contributed by atoms with Crippen molar-refractivity contribution in [3.05, 3.63) is 42.5 Å². The van der Waals surface area contributed by atoms with Crippen molar-refractivity contribution in [3.8, 4) is 0 Å². The summed E-state index contributed by atoms with van der Waals surface area (Å²) in [6.45, 7) is 41.2. The molecule has 0 saturated carbocycles. The molecule has 0 aliphatic heterocycles. The van der Waals surface area contributed by atoms with Gasteiger partial charge in [-0.05, 0) is 56.8 Å². The van der Waals surface area contributed by atoms with Gasteiger partial charge >= 0.3 is 8.80 Å². The van der Waals surface area contributed by atoms with Gasteiger partial charge in [-0.3, -0.25) is 0 Å². The molecule has 0 N–H and O–H groups in total. The van der Waals surface area contributed by atoms with Crippen LogP contribution in [0.15, 0.2) is 36.9 Å². The highest BCUT2D eigenvalue weighted by atomic mass is 29.3. The van der Waals surface area contributed by atoms with E-state index in [1.165, 1.54) is 5.56 Å². The normalized spacial score (nSPS) is 14.8. The summed E-state index contributed by atoms with van der Waals surface area (Å²) in [5, 5.41) is 0. The lowest BCUT2D eigenvalue weighted by Crippen LogP contribution is -2.72. The standard InChI is InChI=1S/C25H56O3Si7/c1-24(25-20-18-17-19-21-25)22-23-35(26-32(11,12)29(2,3)4,27-33(13,14)30(5,6)7)28-34(15,16)31(8,9)10/h17-21H,1,22-23H2,2-16H3. The fourth-order valence-electron chi connectivity index (χ4n) is 2.96. The van der Waals surface area contributed by atoms with Crippen LogP contribution in [0.5, 0.6) is 0 Å². The average molecular weight is 601 g/mol. The van der Waals surface area contributed by atoms with Gasteiger partial charge < -0.3 is 12.3 Å². The fraction of sp³-hybridized carbons (Fsp3) is 0.680. The van der Waals surface area contributed by atoms with E-state index >= 15 is 0 Å². The van der Waals surface area contributed by atoms with Gasteiger partial charge in [-0.2, -0.15) is 0 Å². The molecule has 202 valence electrons. The Bertz CT molecular complexity index is 779. The van der Waals surface area contributed by atoms with Crippen molar-refractivity contribution >= 4 is 60.7 Å². The molecule has 1 aromatic rings. The molecule has 0 unspecified atom stereocenters. The van der Waals surface area contributed by atoms with E-state index in [1.807, 2.05) is 0 Å². The van der Waals surface area contributed by atoms with Crippen LogP contribution in [-0.4, -0.2) is 55.1 Å². The van der Waals surface area contributed by atoms with Crippen molar-refractivity contribution < 1.29 is 12.3 Å². The van der Waals surface area contributed by atoms with Crippen LogP contribution in [0.25, 0.3) is 5.57 Å². The zero-order valence-electron chi connectivity index (χ0n) is 25.7. The highest BCUT2D eigenvalue weighted by Gasteiger charge is 2.58. The third kappa shape index (κ3) is 8.96. The Kier molecular flexibility index (Phi) is 10.7. The van der Waals surface area contributed by atoms with Gasteiger partial charge in [-0.1, -0.05) is 95.8 Å². The summed E-state index contributed by atoms with van der Waals surface area (Å²) in [5.41, 5.74) is 2.37. The molecule has 0 saturated heterocycles. The largest absolute Gasteiger partial charge is 0.469 e. The summed E-state index contributed by atoms with van der Waals surface area (Å²) in [7, 11) is -13.6. The van der Waals surface area contributed by atoms with Gasteiger partial charge in [0, 0.05) is 6.04 Å². The first-order valence-corrected chi connectivity index (χ1v) is 37.4. The third-order valence-electron chi connectivity index (χ3n) is 8.57. The van der Waals surface area contributed by atoms with Gasteiger partial charge in [-0.15, -0.1) is 0 Å². The van der Waals surface area contributed by atoms with Crippen LogP contribution in [0.4, 0.5) is 0 Å². The molecule has 0 heterocycles. The topological polar surface area (TPSA) is 27.7 Å². The van der Waals surface area contributed by atoms with E-state index in [4.69, 9.17) is 12.3 Å². The molecule has 0 bridgehead atoms. The minimum atomic E-state index is -3.00. The van der Waals surface area contributed by atoms with Gasteiger partial charge in [-0.25, -0.2) is 0 Å². The number of hydrogen-bond donors (Lipinski definition) is 0. The fourth-order valence-corrected chi connectivity index (χ4v) is 31.9. The first-order valence-electron chi connectivity index (χ1n) is 13.2. The maximum Gasteiger partial charge on any atom is 0.469 e. The Hall–Kier alpha value is 0.358. The molecule has 0 fully saturated rings. The number of benzene rings is 1. The van der Waals surface area contributed by atoms with Gasteiger partial charge in [0.1, 0.15) is 0 Å². The van der Waals surface area contributed by atoms with Gasteiger partial charge in [0.15, 0.2) is 23.5 Å². The molecule has 0 atom stereocenters. The summed E-state index contributed by atoms with van der Waals surface area (Å²) in [6, 6.07) is 11.4. The van der Waals surface area contributed by atoms with Crippen molar-refractivity contribution in [1.29, 1.82) is 0 Å². The predicted octanol–water partition coefficient (Wildman–Crippen LogP) is 8.94. The zero-order chi connectivity index (χ0) is 27.7. The molecule has 3 nitrogen and oxygen atoms in total. The second kappa shape index (κ2) is 11.2. The van der Waals surface area contributed by atoms with E-state index in [9.17, 15) is 0 Å². The summed E-state index contributed by atoms with van der Waals surface area (Å²) in [5.74, 6) is 0. The summed E-state index contributed by atoms with van der Waals surface area (Å²) in [4.78, 5) is 0. The summed E-state index contributed by atoms with van der Waals surface area (Å²) in [6.07, 6.45) is 0.860. The van der Waals surface area contributed by atoms with Crippen LogP contribution in [0.3, 0.4) is 0 Å². The number of allylic oxidation sites excluding steroid dienone is 1. The van der Waals surface area contributed by atoms with Gasteiger partial charge in [0.05, 0.1) is 22.8 Å². The predicted molar refractivity (Wildman–Crippen MR) is 176 cm³/mol. The SMILES string of the molecule is C=C(CC[Si](O[Si](C)(C)[Si](C)(C)C)(O[Si](C)(C)[Si](C)(C)C)O[Si](C)(C)[Si](C)(C)C)c1ccccc1. The van der Waals surface area contributed by atoms with E-state index in [-0.39, 0.29) is 0 Å². The highest BCUT2D eigenvalue weighted by molar-refractivity contribution is 7.42. The Labute approximate surface area is 225 Å². The summed E-state index contributed by atoms with van der Waals surface area (Å²) < 4.78 is 22.5. The molecule has 10 heteroatoms. The quantitative estimate of drug-likeness (QED) is 0.212. The molecular formula is C25H56O3Si7. The molecule has 0 aromatic heterocycles. The molecular weight excluding hydrogens is 545 g/mol. The second-order valence-electron chi connectivity index (χ2n) is 14.7. The molecule has 0 aliphatic carbocycles. The molecule has 1 rings (SSSR count). The molecule has 1 aromatic carbocycles. The van der Waals surface area contributed by atoms with Crippen LogP contribution >= 0.6 is 0 Å². The van der Waals surface area contributed by atoms with Crippen LogP contribution in [-0.2, 0) is 12.3 Å². The van der Waals surface area contributed by atoms with Crippen LogP contribution < -0.4 is 0 Å². The van der Waals surface area contributed by atoms with Crippen molar-refractivity contribution in [2.45, 2.75) is 111 Å². The lowest BCUT2D eigenvalue weighted by atomic mass is 10.1. The Morgan fingerprint density at radius 3 is 1.17 bits per heavy atom. The molecule has 0 radical (unpaired) electrons. The highest BCUT2D eigenvalue weighted by Crippen LogP contribution is 2.38. The van der Waals surface area contributed by atoms with E-state index in [1.54, 1.807) is 0 Å². The molecule has 35 heavy (non-hydrogen) atoms. The van der Waals surface area contributed by atoms with Crippen LogP contribution in [0.2, 0.25) is 104 Å². The van der Waals surface area contributed by atoms with E-state index in [0.717, 1.165) is 18.0 Å². The maximum atomic E-state index is 7.51. The van der Waals surface area contributed by atoms with Gasteiger partial charge in [0.2, 0.25) is 0 Å². The van der Waals surface area contributed by atoms with Crippen molar-refractivity contribution in [1.82, 2.24) is 0 Å². The number of rotatable bonds is 13. The second-order valence-corrected chi connectivity index (χ2v) is 66.0. The van der Waals surface area contributed by atoms with Crippen LogP contribution in [0, 0.1) is 0 Å². The molecule has 0 spiro atoms.